The summed E-state index contributed by atoms with van der Waals surface area (Å²) in [4.78, 5) is 10.2. The van der Waals surface area contributed by atoms with Crippen LogP contribution in [0.2, 0.25) is 0 Å². The first-order chi connectivity index (χ1) is 7.41. The summed E-state index contributed by atoms with van der Waals surface area (Å²) in [7, 11) is 0. The molecule has 16 heavy (non-hydrogen) atoms. The van der Waals surface area contributed by atoms with E-state index >= 15 is 0 Å². The van der Waals surface area contributed by atoms with Crippen molar-refractivity contribution in [2.45, 2.75) is 32.2 Å². The number of nitro groups is 1. The van der Waals surface area contributed by atoms with Gasteiger partial charge in [0, 0.05) is 5.54 Å². The summed E-state index contributed by atoms with van der Waals surface area (Å²) >= 11 is 0. The molecule has 1 saturated carbocycles. The Bertz CT molecular complexity index is 456. The van der Waals surface area contributed by atoms with Gasteiger partial charge in [0.25, 0.3) is 5.69 Å². The van der Waals surface area contributed by atoms with Gasteiger partial charge in [0.1, 0.15) is 11.5 Å². The minimum Gasteiger partial charge on any atom is -0.374 e. The van der Waals surface area contributed by atoms with E-state index in [0.29, 0.717) is 11.3 Å². The van der Waals surface area contributed by atoms with Crippen molar-refractivity contribution < 1.29 is 9.31 Å². The van der Waals surface area contributed by atoms with Crippen molar-refractivity contribution in [3.63, 3.8) is 0 Å². The standard InChI is InChI=1S/C11H13FN2O2/c1-7-5-9(13-11(2)3-4-11)10(14(15)16)6-8(7)12/h5-6,13H,3-4H2,1-2H3. The molecule has 0 atom stereocenters. The van der Waals surface area contributed by atoms with E-state index in [1.165, 1.54) is 6.07 Å². The summed E-state index contributed by atoms with van der Waals surface area (Å²) in [6, 6.07) is 2.47. The Hall–Kier alpha value is -1.65. The third kappa shape index (κ3) is 1.98. The molecule has 0 saturated heterocycles. The summed E-state index contributed by atoms with van der Waals surface area (Å²) in [6.45, 7) is 3.59. The number of halogens is 1. The van der Waals surface area contributed by atoms with Gasteiger partial charge in [-0.1, -0.05) is 0 Å². The van der Waals surface area contributed by atoms with Crippen molar-refractivity contribution >= 4 is 11.4 Å². The quantitative estimate of drug-likeness (QED) is 0.634. The first-order valence-electron chi connectivity index (χ1n) is 5.14. The Morgan fingerprint density at radius 1 is 1.50 bits per heavy atom. The van der Waals surface area contributed by atoms with Crippen molar-refractivity contribution in [2.75, 3.05) is 5.32 Å². The molecule has 1 aliphatic rings. The van der Waals surface area contributed by atoms with Crippen molar-refractivity contribution in [3.05, 3.63) is 33.6 Å². The Kier molecular flexibility index (Phi) is 2.33. The average molecular weight is 224 g/mol. The van der Waals surface area contributed by atoms with Crippen molar-refractivity contribution in [1.29, 1.82) is 0 Å². The Morgan fingerprint density at radius 2 is 2.12 bits per heavy atom. The second-order valence-corrected chi connectivity index (χ2v) is 4.56. The Labute approximate surface area is 92.6 Å². The predicted octanol–water partition coefficient (Wildman–Crippen LogP) is 3.01. The molecule has 0 aromatic heterocycles. The lowest BCUT2D eigenvalue weighted by molar-refractivity contribution is -0.384. The van der Waals surface area contributed by atoms with Gasteiger partial charge >= 0.3 is 0 Å². The highest BCUT2D eigenvalue weighted by molar-refractivity contribution is 5.64. The van der Waals surface area contributed by atoms with E-state index < -0.39 is 10.7 Å². The molecule has 0 heterocycles. The molecule has 1 aromatic carbocycles. The third-order valence-corrected chi connectivity index (χ3v) is 2.91. The van der Waals surface area contributed by atoms with Crippen LogP contribution in [0.3, 0.4) is 0 Å². The maximum atomic E-state index is 13.2. The molecule has 1 fully saturated rings. The molecule has 4 nitrogen and oxygen atoms in total. The van der Waals surface area contributed by atoms with Gasteiger partial charge in [-0.2, -0.15) is 0 Å². The Morgan fingerprint density at radius 3 is 2.62 bits per heavy atom. The number of nitrogens with one attached hydrogen (secondary N) is 1. The molecule has 0 amide bonds. The summed E-state index contributed by atoms with van der Waals surface area (Å²) in [5, 5.41) is 13.9. The van der Waals surface area contributed by atoms with Crippen molar-refractivity contribution in [2.24, 2.45) is 0 Å². The van der Waals surface area contributed by atoms with Gasteiger partial charge in [0.15, 0.2) is 0 Å². The van der Waals surface area contributed by atoms with E-state index in [2.05, 4.69) is 5.32 Å². The van der Waals surface area contributed by atoms with Crippen LogP contribution < -0.4 is 5.32 Å². The topological polar surface area (TPSA) is 55.2 Å². The normalized spacial score (nSPS) is 16.9. The van der Waals surface area contributed by atoms with Crippen LogP contribution in [0.4, 0.5) is 15.8 Å². The SMILES string of the molecule is Cc1cc(NC2(C)CC2)c([N+](=O)[O-])cc1F. The summed E-state index contributed by atoms with van der Waals surface area (Å²) in [5.74, 6) is -0.543. The number of aryl methyl sites for hydroxylation is 1. The molecule has 1 aliphatic carbocycles. The van der Waals surface area contributed by atoms with E-state index in [0.717, 1.165) is 18.9 Å². The third-order valence-electron chi connectivity index (χ3n) is 2.91. The molecule has 0 spiro atoms. The minimum absolute atomic E-state index is 0.0605. The second-order valence-electron chi connectivity index (χ2n) is 4.56. The van der Waals surface area contributed by atoms with Crippen LogP contribution in [-0.2, 0) is 0 Å². The van der Waals surface area contributed by atoms with Crippen LogP contribution in [-0.4, -0.2) is 10.5 Å². The smallest absolute Gasteiger partial charge is 0.295 e. The predicted molar refractivity (Wildman–Crippen MR) is 59.1 cm³/mol. The van der Waals surface area contributed by atoms with E-state index in [1.807, 2.05) is 6.92 Å². The van der Waals surface area contributed by atoms with Crippen LogP contribution >= 0.6 is 0 Å². The summed E-state index contributed by atoms with van der Waals surface area (Å²) in [6.07, 6.45) is 1.97. The Balaban J connectivity index is 2.41. The molecular formula is C11H13FN2O2. The summed E-state index contributed by atoms with van der Waals surface area (Å²) < 4.78 is 13.2. The number of anilines is 1. The number of hydrogen-bond donors (Lipinski definition) is 1. The fourth-order valence-electron chi connectivity index (χ4n) is 1.56. The lowest BCUT2D eigenvalue weighted by atomic mass is 10.1. The van der Waals surface area contributed by atoms with Crippen LogP contribution in [0, 0.1) is 22.9 Å². The monoisotopic (exact) mass is 224 g/mol. The highest BCUT2D eigenvalue weighted by Gasteiger charge is 2.38. The van der Waals surface area contributed by atoms with Gasteiger partial charge in [-0.3, -0.25) is 10.1 Å². The zero-order chi connectivity index (χ0) is 11.9. The maximum absolute atomic E-state index is 13.2. The first kappa shape index (κ1) is 10.9. The molecule has 1 aromatic rings. The van der Waals surface area contributed by atoms with Crippen molar-refractivity contribution in [3.8, 4) is 0 Å². The van der Waals surface area contributed by atoms with Crippen LogP contribution in [0.25, 0.3) is 0 Å². The largest absolute Gasteiger partial charge is 0.374 e. The molecule has 2 rings (SSSR count). The summed E-state index contributed by atoms with van der Waals surface area (Å²) in [5.41, 5.74) is 0.562. The van der Waals surface area contributed by atoms with E-state index in [9.17, 15) is 14.5 Å². The maximum Gasteiger partial charge on any atom is 0.295 e. The van der Waals surface area contributed by atoms with Crippen LogP contribution in [0.5, 0.6) is 0 Å². The second kappa shape index (κ2) is 3.43. The van der Waals surface area contributed by atoms with E-state index in [1.54, 1.807) is 6.92 Å². The molecule has 1 N–H and O–H groups in total. The zero-order valence-corrected chi connectivity index (χ0v) is 9.21. The number of nitro benzene ring substituents is 1. The van der Waals surface area contributed by atoms with Gasteiger partial charge in [0.2, 0.25) is 0 Å². The van der Waals surface area contributed by atoms with Gasteiger partial charge in [-0.15, -0.1) is 0 Å². The first-order valence-corrected chi connectivity index (χ1v) is 5.14. The van der Waals surface area contributed by atoms with Gasteiger partial charge in [-0.25, -0.2) is 4.39 Å². The van der Waals surface area contributed by atoms with Crippen molar-refractivity contribution in [1.82, 2.24) is 0 Å². The zero-order valence-electron chi connectivity index (χ0n) is 9.21. The lowest BCUT2D eigenvalue weighted by Crippen LogP contribution is -2.17. The van der Waals surface area contributed by atoms with E-state index in [4.69, 9.17) is 0 Å². The number of benzene rings is 1. The molecule has 0 aliphatic heterocycles. The highest BCUT2D eigenvalue weighted by atomic mass is 19.1. The number of rotatable bonds is 3. The molecule has 0 radical (unpaired) electrons. The van der Waals surface area contributed by atoms with Crippen LogP contribution in [0.15, 0.2) is 12.1 Å². The lowest BCUT2D eigenvalue weighted by Gasteiger charge is -2.14. The van der Waals surface area contributed by atoms with Crippen LogP contribution in [0.1, 0.15) is 25.3 Å². The molecule has 0 unspecified atom stereocenters. The fraction of sp³-hybridized carbons (Fsp3) is 0.455. The molecular weight excluding hydrogens is 211 g/mol. The van der Waals surface area contributed by atoms with E-state index in [-0.39, 0.29) is 11.2 Å². The highest BCUT2D eigenvalue weighted by Crippen LogP contribution is 2.40. The molecule has 86 valence electrons. The number of hydrogen-bond acceptors (Lipinski definition) is 3. The van der Waals surface area contributed by atoms with Gasteiger partial charge in [-0.05, 0) is 38.3 Å². The molecule has 0 bridgehead atoms. The average Bonchev–Trinajstić information content (AvgIpc) is 2.89. The fourth-order valence-corrected chi connectivity index (χ4v) is 1.56. The minimum atomic E-state index is -0.559. The molecule has 5 heteroatoms. The van der Waals surface area contributed by atoms with Gasteiger partial charge in [0.05, 0.1) is 11.0 Å². The number of nitrogens with zero attached hydrogens (tertiary/aromatic N) is 1. The van der Waals surface area contributed by atoms with Gasteiger partial charge < -0.3 is 5.32 Å².